The SMILES string of the molecule is CNC(=O)c1cccc(-c2ccc(C(=O)NCCc3c(C)[nH]c4c(F)ccc(C)c34)s2)c1. The van der Waals surface area contributed by atoms with Crippen LogP contribution < -0.4 is 10.6 Å². The monoisotopic (exact) mass is 449 g/mol. The number of aryl methyl sites for hydroxylation is 2. The summed E-state index contributed by atoms with van der Waals surface area (Å²) in [6, 6.07) is 14.2. The maximum atomic E-state index is 14.1. The molecule has 0 aliphatic heterocycles. The number of rotatable bonds is 6. The summed E-state index contributed by atoms with van der Waals surface area (Å²) in [6.45, 7) is 4.33. The smallest absolute Gasteiger partial charge is 0.261 e. The van der Waals surface area contributed by atoms with E-state index in [-0.39, 0.29) is 17.6 Å². The predicted octanol–water partition coefficient (Wildman–Crippen LogP) is 4.98. The second-order valence-corrected chi connectivity index (χ2v) is 8.76. The normalized spacial score (nSPS) is 11.0. The van der Waals surface area contributed by atoms with Gasteiger partial charge in [0.25, 0.3) is 11.8 Å². The van der Waals surface area contributed by atoms with Gasteiger partial charge in [0.05, 0.1) is 10.4 Å². The van der Waals surface area contributed by atoms with Crippen LogP contribution in [0.4, 0.5) is 4.39 Å². The molecule has 2 aromatic heterocycles. The summed E-state index contributed by atoms with van der Waals surface area (Å²) in [5.41, 5.74) is 4.93. The molecule has 4 rings (SSSR count). The van der Waals surface area contributed by atoms with E-state index in [1.54, 1.807) is 25.2 Å². The molecular formula is C25H24FN3O2S. The van der Waals surface area contributed by atoms with Gasteiger partial charge in [0.2, 0.25) is 0 Å². The Hall–Kier alpha value is -3.45. The molecule has 32 heavy (non-hydrogen) atoms. The first-order chi connectivity index (χ1) is 15.4. The highest BCUT2D eigenvalue weighted by Gasteiger charge is 2.15. The number of carbonyl (C=O) groups excluding carboxylic acids is 2. The van der Waals surface area contributed by atoms with Crippen LogP contribution in [0, 0.1) is 19.7 Å². The van der Waals surface area contributed by atoms with E-state index >= 15 is 0 Å². The van der Waals surface area contributed by atoms with E-state index in [4.69, 9.17) is 0 Å². The first-order valence-electron chi connectivity index (χ1n) is 10.4. The second kappa shape index (κ2) is 8.96. The van der Waals surface area contributed by atoms with Gasteiger partial charge in [-0.1, -0.05) is 18.2 Å². The summed E-state index contributed by atoms with van der Waals surface area (Å²) in [6.07, 6.45) is 0.605. The maximum Gasteiger partial charge on any atom is 0.261 e. The third-order valence-electron chi connectivity index (χ3n) is 5.56. The Morgan fingerprint density at radius 3 is 2.66 bits per heavy atom. The van der Waals surface area contributed by atoms with Gasteiger partial charge in [0.1, 0.15) is 5.82 Å². The van der Waals surface area contributed by atoms with Crippen molar-refractivity contribution in [3.63, 3.8) is 0 Å². The number of aromatic nitrogens is 1. The average molecular weight is 450 g/mol. The molecule has 3 N–H and O–H groups in total. The molecule has 2 amide bonds. The number of H-pyrrole nitrogens is 1. The highest BCUT2D eigenvalue weighted by molar-refractivity contribution is 7.17. The number of fused-ring (bicyclic) bond motifs is 1. The Balaban J connectivity index is 1.45. The fourth-order valence-corrected chi connectivity index (χ4v) is 4.84. The summed E-state index contributed by atoms with van der Waals surface area (Å²) in [5.74, 6) is -0.566. The zero-order chi connectivity index (χ0) is 22.8. The fourth-order valence-electron chi connectivity index (χ4n) is 3.92. The van der Waals surface area contributed by atoms with Crippen molar-refractivity contribution in [2.45, 2.75) is 20.3 Å². The fraction of sp³-hybridized carbons (Fsp3) is 0.200. The van der Waals surface area contributed by atoms with Crippen molar-refractivity contribution in [2.75, 3.05) is 13.6 Å². The second-order valence-electron chi connectivity index (χ2n) is 7.67. The van der Waals surface area contributed by atoms with Crippen molar-refractivity contribution in [3.05, 3.63) is 81.6 Å². The first kappa shape index (κ1) is 21.8. The molecule has 0 fully saturated rings. The molecule has 2 heterocycles. The van der Waals surface area contributed by atoms with Crippen molar-refractivity contribution in [2.24, 2.45) is 0 Å². The number of hydrogen-bond donors (Lipinski definition) is 3. The Bertz CT molecular complexity index is 1320. The van der Waals surface area contributed by atoms with Crippen LogP contribution in [0.25, 0.3) is 21.3 Å². The van der Waals surface area contributed by atoms with Crippen molar-refractivity contribution in [1.82, 2.24) is 15.6 Å². The number of benzene rings is 2. The van der Waals surface area contributed by atoms with E-state index in [1.165, 1.54) is 17.4 Å². The van der Waals surface area contributed by atoms with Gasteiger partial charge in [-0.3, -0.25) is 9.59 Å². The number of amides is 2. The van der Waals surface area contributed by atoms with Crippen LogP contribution in [0.5, 0.6) is 0 Å². The van der Waals surface area contributed by atoms with Gasteiger partial charge >= 0.3 is 0 Å². The van der Waals surface area contributed by atoms with Crippen molar-refractivity contribution < 1.29 is 14.0 Å². The lowest BCUT2D eigenvalue weighted by Crippen LogP contribution is -2.25. The largest absolute Gasteiger partial charge is 0.356 e. The Labute approximate surface area is 189 Å². The van der Waals surface area contributed by atoms with Crippen LogP contribution in [-0.2, 0) is 6.42 Å². The summed E-state index contributed by atoms with van der Waals surface area (Å²) in [7, 11) is 1.60. The zero-order valence-electron chi connectivity index (χ0n) is 18.1. The third-order valence-corrected chi connectivity index (χ3v) is 6.69. The zero-order valence-corrected chi connectivity index (χ0v) is 19.0. The van der Waals surface area contributed by atoms with Gasteiger partial charge in [0, 0.05) is 35.1 Å². The number of halogens is 1. The van der Waals surface area contributed by atoms with Crippen LogP contribution in [0.3, 0.4) is 0 Å². The lowest BCUT2D eigenvalue weighted by atomic mass is 10.0. The molecule has 5 nitrogen and oxygen atoms in total. The minimum absolute atomic E-state index is 0.149. The average Bonchev–Trinajstić information content (AvgIpc) is 3.42. The summed E-state index contributed by atoms with van der Waals surface area (Å²) >= 11 is 1.38. The quantitative estimate of drug-likeness (QED) is 0.388. The standard InChI is InChI=1S/C25H24FN3O2S/c1-14-7-8-19(26)23-22(14)18(15(2)29-23)11-12-28-25(31)21-10-9-20(32-21)16-5-4-6-17(13-16)24(30)27-3/h4-10,13,29H,11-12H2,1-3H3,(H,27,30)(H,28,31). The molecule has 2 aromatic carbocycles. The van der Waals surface area contributed by atoms with Crippen molar-refractivity contribution in [1.29, 1.82) is 0 Å². The molecule has 0 radical (unpaired) electrons. The van der Waals surface area contributed by atoms with Gasteiger partial charge in [-0.2, -0.15) is 0 Å². The number of hydrogen-bond acceptors (Lipinski definition) is 3. The van der Waals surface area contributed by atoms with Gasteiger partial charge < -0.3 is 15.6 Å². The molecule has 0 aliphatic rings. The van der Waals surface area contributed by atoms with E-state index in [0.717, 1.165) is 32.6 Å². The maximum absolute atomic E-state index is 14.1. The van der Waals surface area contributed by atoms with Crippen LogP contribution in [-0.4, -0.2) is 30.4 Å². The highest BCUT2D eigenvalue weighted by atomic mass is 32.1. The Morgan fingerprint density at radius 2 is 1.88 bits per heavy atom. The van der Waals surface area contributed by atoms with E-state index in [0.29, 0.717) is 28.9 Å². The summed E-state index contributed by atoms with van der Waals surface area (Å²) in [5, 5.41) is 6.48. The molecule has 0 atom stereocenters. The van der Waals surface area contributed by atoms with Gasteiger partial charge in [-0.25, -0.2) is 4.39 Å². The minimum Gasteiger partial charge on any atom is -0.356 e. The first-order valence-corrected chi connectivity index (χ1v) is 11.2. The summed E-state index contributed by atoms with van der Waals surface area (Å²) in [4.78, 5) is 29.2. The molecular weight excluding hydrogens is 425 g/mol. The molecule has 0 saturated heterocycles. The Kier molecular flexibility index (Phi) is 6.10. The van der Waals surface area contributed by atoms with Crippen LogP contribution in [0.2, 0.25) is 0 Å². The van der Waals surface area contributed by atoms with Gasteiger partial charge in [-0.15, -0.1) is 11.3 Å². The molecule has 7 heteroatoms. The van der Waals surface area contributed by atoms with Crippen LogP contribution >= 0.6 is 11.3 Å². The van der Waals surface area contributed by atoms with Crippen LogP contribution in [0.1, 0.15) is 36.9 Å². The molecule has 0 bridgehead atoms. The van der Waals surface area contributed by atoms with E-state index < -0.39 is 0 Å². The molecule has 0 spiro atoms. The number of nitrogens with one attached hydrogen (secondary N) is 3. The lowest BCUT2D eigenvalue weighted by molar-refractivity contribution is 0.0952. The number of aromatic amines is 1. The van der Waals surface area contributed by atoms with E-state index in [9.17, 15) is 14.0 Å². The van der Waals surface area contributed by atoms with Crippen molar-refractivity contribution in [3.8, 4) is 10.4 Å². The molecule has 0 aliphatic carbocycles. The molecule has 0 unspecified atom stereocenters. The molecule has 4 aromatic rings. The molecule has 0 saturated carbocycles. The topological polar surface area (TPSA) is 74.0 Å². The van der Waals surface area contributed by atoms with Gasteiger partial charge in [0.15, 0.2) is 0 Å². The van der Waals surface area contributed by atoms with Crippen LogP contribution in [0.15, 0.2) is 48.5 Å². The van der Waals surface area contributed by atoms with Gasteiger partial charge in [-0.05, 0) is 67.3 Å². The third kappa shape index (κ3) is 4.16. The van der Waals surface area contributed by atoms with E-state index in [2.05, 4.69) is 15.6 Å². The minimum atomic E-state index is -0.268. The predicted molar refractivity (Wildman–Crippen MR) is 127 cm³/mol. The lowest BCUT2D eigenvalue weighted by Gasteiger charge is -2.06. The number of thiophene rings is 1. The Morgan fingerprint density at radius 1 is 1.06 bits per heavy atom. The molecule has 164 valence electrons. The number of carbonyl (C=O) groups is 2. The summed E-state index contributed by atoms with van der Waals surface area (Å²) < 4.78 is 14.1. The van der Waals surface area contributed by atoms with E-state index in [1.807, 2.05) is 38.1 Å². The highest BCUT2D eigenvalue weighted by Crippen LogP contribution is 2.30. The van der Waals surface area contributed by atoms with Crippen molar-refractivity contribution >= 4 is 34.1 Å².